The van der Waals surface area contributed by atoms with Gasteiger partial charge in [0, 0.05) is 18.2 Å². The average Bonchev–Trinajstić information content (AvgIpc) is 2.77. The standard InChI is InChI=1S/C16H28N2O/c1-4-17-11-14-10-16(19-13(14)2)12-18(3)15-8-6-5-7-9-15/h10,15,17H,4-9,11-12H2,1-3H3. The molecular weight excluding hydrogens is 236 g/mol. The van der Waals surface area contributed by atoms with Crippen molar-refractivity contribution in [1.82, 2.24) is 10.2 Å². The van der Waals surface area contributed by atoms with Gasteiger partial charge in [0.25, 0.3) is 0 Å². The van der Waals surface area contributed by atoms with E-state index < -0.39 is 0 Å². The Morgan fingerprint density at radius 1 is 1.32 bits per heavy atom. The molecular formula is C16H28N2O. The maximum absolute atomic E-state index is 5.89. The van der Waals surface area contributed by atoms with Crippen LogP contribution in [0.4, 0.5) is 0 Å². The summed E-state index contributed by atoms with van der Waals surface area (Å²) in [7, 11) is 2.23. The lowest BCUT2D eigenvalue weighted by atomic mass is 9.94. The lowest BCUT2D eigenvalue weighted by Crippen LogP contribution is -2.32. The maximum Gasteiger partial charge on any atom is 0.118 e. The van der Waals surface area contributed by atoms with Gasteiger partial charge in [-0.3, -0.25) is 4.90 Å². The first-order chi connectivity index (χ1) is 9.20. The highest BCUT2D eigenvalue weighted by Gasteiger charge is 2.19. The van der Waals surface area contributed by atoms with Crippen LogP contribution in [0.25, 0.3) is 0 Å². The zero-order chi connectivity index (χ0) is 13.7. The molecule has 0 aromatic carbocycles. The third kappa shape index (κ3) is 4.08. The first-order valence-corrected chi connectivity index (χ1v) is 7.70. The Morgan fingerprint density at radius 3 is 2.74 bits per heavy atom. The van der Waals surface area contributed by atoms with Crippen molar-refractivity contribution in [1.29, 1.82) is 0 Å². The van der Waals surface area contributed by atoms with Gasteiger partial charge in [-0.15, -0.1) is 0 Å². The summed E-state index contributed by atoms with van der Waals surface area (Å²) in [5.74, 6) is 2.17. The Hall–Kier alpha value is -0.800. The summed E-state index contributed by atoms with van der Waals surface area (Å²) in [5.41, 5.74) is 1.30. The molecule has 1 aliphatic rings. The van der Waals surface area contributed by atoms with Crippen molar-refractivity contribution in [2.45, 2.75) is 65.1 Å². The normalized spacial score (nSPS) is 17.3. The van der Waals surface area contributed by atoms with E-state index in [1.165, 1.54) is 37.7 Å². The molecule has 19 heavy (non-hydrogen) atoms. The molecule has 0 bridgehead atoms. The van der Waals surface area contributed by atoms with Crippen molar-refractivity contribution in [3.8, 4) is 0 Å². The van der Waals surface area contributed by atoms with Gasteiger partial charge in [0.05, 0.1) is 6.54 Å². The molecule has 0 unspecified atom stereocenters. The highest BCUT2D eigenvalue weighted by atomic mass is 16.3. The molecule has 0 atom stereocenters. The summed E-state index contributed by atoms with van der Waals surface area (Å²) in [6.45, 7) is 7.06. The number of nitrogens with one attached hydrogen (secondary N) is 1. The Bertz CT molecular complexity index is 380. The number of nitrogens with zero attached hydrogens (tertiary/aromatic N) is 1. The van der Waals surface area contributed by atoms with Crippen LogP contribution in [0.5, 0.6) is 0 Å². The van der Waals surface area contributed by atoms with Gasteiger partial charge >= 0.3 is 0 Å². The molecule has 0 aliphatic heterocycles. The lowest BCUT2D eigenvalue weighted by Gasteiger charge is -2.30. The first kappa shape index (κ1) is 14.6. The molecule has 0 spiro atoms. The topological polar surface area (TPSA) is 28.4 Å². The van der Waals surface area contributed by atoms with E-state index in [0.717, 1.165) is 37.2 Å². The van der Waals surface area contributed by atoms with E-state index >= 15 is 0 Å². The van der Waals surface area contributed by atoms with E-state index in [1.54, 1.807) is 0 Å². The van der Waals surface area contributed by atoms with Gasteiger partial charge in [-0.1, -0.05) is 26.2 Å². The minimum absolute atomic E-state index is 0.747. The van der Waals surface area contributed by atoms with Crippen LogP contribution in [0.15, 0.2) is 10.5 Å². The lowest BCUT2D eigenvalue weighted by molar-refractivity contribution is 0.172. The van der Waals surface area contributed by atoms with Crippen LogP contribution >= 0.6 is 0 Å². The number of furan rings is 1. The van der Waals surface area contributed by atoms with Crippen molar-refractivity contribution in [2.75, 3.05) is 13.6 Å². The van der Waals surface area contributed by atoms with Gasteiger partial charge in [0.2, 0.25) is 0 Å². The fraction of sp³-hybridized carbons (Fsp3) is 0.750. The minimum Gasteiger partial charge on any atom is -0.465 e. The molecule has 1 aliphatic carbocycles. The molecule has 1 aromatic heterocycles. The van der Waals surface area contributed by atoms with E-state index in [-0.39, 0.29) is 0 Å². The second-order valence-corrected chi connectivity index (χ2v) is 5.78. The summed E-state index contributed by atoms with van der Waals surface area (Å²) >= 11 is 0. The third-order valence-corrected chi connectivity index (χ3v) is 4.24. The zero-order valence-corrected chi connectivity index (χ0v) is 12.7. The second kappa shape index (κ2) is 7.11. The van der Waals surface area contributed by atoms with Gasteiger partial charge in [0.15, 0.2) is 0 Å². The average molecular weight is 264 g/mol. The second-order valence-electron chi connectivity index (χ2n) is 5.78. The SMILES string of the molecule is CCNCc1cc(CN(C)C2CCCCC2)oc1C. The van der Waals surface area contributed by atoms with Gasteiger partial charge in [-0.05, 0) is 39.4 Å². The summed E-state index contributed by atoms with van der Waals surface area (Å²) in [5, 5.41) is 3.36. The fourth-order valence-corrected chi connectivity index (χ4v) is 3.00. The Morgan fingerprint density at radius 2 is 2.05 bits per heavy atom. The van der Waals surface area contributed by atoms with E-state index in [9.17, 15) is 0 Å². The van der Waals surface area contributed by atoms with Crippen LogP contribution in [-0.4, -0.2) is 24.5 Å². The number of rotatable bonds is 6. The van der Waals surface area contributed by atoms with Gasteiger partial charge in [-0.2, -0.15) is 0 Å². The molecule has 0 saturated heterocycles. The molecule has 0 amide bonds. The summed E-state index contributed by atoms with van der Waals surface area (Å²) < 4.78 is 5.89. The molecule has 108 valence electrons. The molecule has 1 aromatic rings. The number of aryl methyl sites for hydroxylation is 1. The molecule has 1 fully saturated rings. The highest BCUT2D eigenvalue weighted by Crippen LogP contribution is 2.24. The fourth-order valence-electron chi connectivity index (χ4n) is 3.00. The smallest absolute Gasteiger partial charge is 0.118 e. The molecule has 1 saturated carbocycles. The number of hydrogen-bond acceptors (Lipinski definition) is 3. The van der Waals surface area contributed by atoms with Crippen LogP contribution in [0.1, 0.15) is 56.1 Å². The summed E-state index contributed by atoms with van der Waals surface area (Å²) in [4.78, 5) is 2.47. The van der Waals surface area contributed by atoms with E-state index in [2.05, 4.69) is 37.2 Å². The van der Waals surface area contributed by atoms with E-state index in [4.69, 9.17) is 4.42 Å². The van der Waals surface area contributed by atoms with Crippen LogP contribution in [0.2, 0.25) is 0 Å². The molecule has 1 heterocycles. The Kier molecular flexibility index (Phi) is 5.46. The molecule has 0 radical (unpaired) electrons. The van der Waals surface area contributed by atoms with Crippen molar-refractivity contribution in [3.05, 3.63) is 23.2 Å². The largest absolute Gasteiger partial charge is 0.465 e. The zero-order valence-electron chi connectivity index (χ0n) is 12.7. The van der Waals surface area contributed by atoms with Crippen molar-refractivity contribution in [3.63, 3.8) is 0 Å². The van der Waals surface area contributed by atoms with Crippen LogP contribution in [0.3, 0.4) is 0 Å². The van der Waals surface area contributed by atoms with Crippen molar-refractivity contribution < 1.29 is 4.42 Å². The predicted molar refractivity (Wildman–Crippen MR) is 79.2 cm³/mol. The first-order valence-electron chi connectivity index (χ1n) is 7.70. The quantitative estimate of drug-likeness (QED) is 0.853. The Balaban J connectivity index is 1.90. The third-order valence-electron chi connectivity index (χ3n) is 4.24. The molecule has 2 rings (SSSR count). The summed E-state index contributed by atoms with van der Waals surface area (Å²) in [6, 6.07) is 2.97. The van der Waals surface area contributed by atoms with E-state index in [1.807, 2.05) is 0 Å². The number of hydrogen-bond donors (Lipinski definition) is 1. The maximum atomic E-state index is 5.89. The minimum atomic E-state index is 0.747. The van der Waals surface area contributed by atoms with E-state index in [0.29, 0.717) is 0 Å². The van der Waals surface area contributed by atoms with Gasteiger partial charge in [-0.25, -0.2) is 0 Å². The Labute approximate surface area is 117 Å². The monoisotopic (exact) mass is 264 g/mol. The van der Waals surface area contributed by atoms with Crippen LogP contribution in [-0.2, 0) is 13.1 Å². The van der Waals surface area contributed by atoms with Crippen LogP contribution < -0.4 is 5.32 Å². The molecule has 1 N–H and O–H groups in total. The van der Waals surface area contributed by atoms with Gasteiger partial charge < -0.3 is 9.73 Å². The summed E-state index contributed by atoms with van der Waals surface area (Å²) in [6.07, 6.45) is 6.88. The van der Waals surface area contributed by atoms with Gasteiger partial charge in [0.1, 0.15) is 11.5 Å². The van der Waals surface area contributed by atoms with Crippen LogP contribution in [0, 0.1) is 6.92 Å². The van der Waals surface area contributed by atoms with Crippen molar-refractivity contribution in [2.24, 2.45) is 0 Å². The predicted octanol–water partition coefficient (Wildman–Crippen LogP) is 3.46. The molecule has 3 heteroatoms. The molecule has 3 nitrogen and oxygen atoms in total. The van der Waals surface area contributed by atoms with Crippen molar-refractivity contribution >= 4 is 0 Å². The highest BCUT2D eigenvalue weighted by molar-refractivity contribution is 5.20.